The van der Waals surface area contributed by atoms with Crippen molar-refractivity contribution in [2.45, 2.75) is 12.8 Å². The first-order chi connectivity index (χ1) is 5.29. The Morgan fingerprint density at radius 2 is 2.36 bits per heavy atom. The Morgan fingerprint density at radius 3 is 3.09 bits per heavy atom. The van der Waals surface area contributed by atoms with Crippen LogP contribution in [0.3, 0.4) is 0 Å². The highest BCUT2D eigenvalue weighted by Gasteiger charge is 2.26. The fourth-order valence-corrected chi connectivity index (χ4v) is 1.87. The summed E-state index contributed by atoms with van der Waals surface area (Å²) in [5, 5.41) is 0. The molecule has 0 aromatic rings. The Hall–Kier alpha value is -0.570. The van der Waals surface area contributed by atoms with E-state index in [0.717, 1.165) is 16.5 Å². The maximum atomic E-state index is 11.2. The molecule has 0 N–H and O–H groups in total. The number of Topliss-reactive ketones (excluding diaryl/α,β-unsaturated/α-hetero) is 1. The molecule has 2 rings (SSSR count). The molecule has 58 valence electrons. The Bertz CT molecular complexity index is 270. The van der Waals surface area contributed by atoms with Crippen molar-refractivity contribution < 1.29 is 9.53 Å². The molecule has 1 aliphatic carbocycles. The topological polar surface area (TPSA) is 26.3 Å². The minimum atomic E-state index is 0.112. The van der Waals surface area contributed by atoms with Gasteiger partial charge >= 0.3 is 0 Å². The zero-order valence-corrected chi connectivity index (χ0v) is 7.48. The number of halogens is 1. The van der Waals surface area contributed by atoms with Crippen molar-refractivity contribution in [2.75, 3.05) is 6.61 Å². The number of hydrogen-bond acceptors (Lipinski definition) is 2. The van der Waals surface area contributed by atoms with Crippen molar-refractivity contribution >= 4 is 21.7 Å². The summed E-state index contributed by atoms with van der Waals surface area (Å²) in [4.78, 5) is 11.2. The third kappa shape index (κ3) is 1.03. The lowest BCUT2D eigenvalue weighted by atomic mass is 10.0. The molecule has 1 aliphatic heterocycles. The van der Waals surface area contributed by atoms with Gasteiger partial charge in [-0.3, -0.25) is 4.79 Å². The van der Waals surface area contributed by atoms with Crippen LogP contribution in [-0.2, 0) is 9.53 Å². The second-order valence-electron chi connectivity index (χ2n) is 2.59. The third-order valence-electron chi connectivity index (χ3n) is 1.88. The maximum absolute atomic E-state index is 11.2. The number of allylic oxidation sites excluding steroid dienone is 3. The number of ether oxygens (including phenoxy) is 1. The Balaban J connectivity index is 2.44. The van der Waals surface area contributed by atoms with Crippen LogP contribution in [0.1, 0.15) is 12.8 Å². The van der Waals surface area contributed by atoms with E-state index in [9.17, 15) is 4.79 Å². The zero-order chi connectivity index (χ0) is 7.84. The van der Waals surface area contributed by atoms with Gasteiger partial charge in [-0.15, -0.1) is 0 Å². The van der Waals surface area contributed by atoms with Gasteiger partial charge in [-0.2, -0.15) is 0 Å². The van der Waals surface area contributed by atoms with Crippen LogP contribution in [0.25, 0.3) is 0 Å². The highest BCUT2D eigenvalue weighted by atomic mass is 79.9. The fourth-order valence-electron chi connectivity index (χ4n) is 1.33. The van der Waals surface area contributed by atoms with E-state index in [-0.39, 0.29) is 5.78 Å². The minimum Gasteiger partial charge on any atom is -0.489 e. The summed E-state index contributed by atoms with van der Waals surface area (Å²) in [6, 6.07) is 0. The normalized spacial score (nSPS) is 23.0. The van der Waals surface area contributed by atoms with Gasteiger partial charge in [0.25, 0.3) is 0 Å². The lowest BCUT2D eigenvalue weighted by Gasteiger charge is -2.08. The average Bonchev–Trinajstić information content (AvgIpc) is 2.45. The number of ketones is 1. The van der Waals surface area contributed by atoms with Crippen LogP contribution in [-0.4, -0.2) is 12.4 Å². The van der Waals surface area contributed by atoms with Crippen LogP contribution in [0.5, 0.6) is 0 Å². The van der Waals surface area contributed by atoms with Crippen LogP contribution in [0, 0.1) is 0 Å². The first kappa shape index (κ1) is 7.10. The quantitative estimate of drug-likeness (QED) is 0.616. The van der Waals surface area contributed by atoms with Crippen molar-refractivity contribution in [3.63, 3.8) is 0 Å². The average molecular weight is 215 g/mol. The lowest BCUT2D eigenvalue weighted by molar-refractivity contribution is -0.117. The Labute approximate surface area is 73.0 Å². The van der Waals surface area contributed by atoms with Crippen LogP contribution in [0.15, 0.2) is 21.9 Å². The summed E-state index contributed by atoms with van der Waals surface area (Å²) < 4.78 is 6.23. The molecule has 0 amide bonds. The zero-order valence-electron chi connectivity index (χ0n) is 5.89. The van der Waals surface area contributed by atoms with Gasteiger partial charge in [0.15, 0.2) is 5.76 Å². The number of hydrogen-bond donors (Lipinski definition) is 0. The number of rotatable bonds is 0. The fraction of sp³-hybridized carbons (Fsp3) is 0.375. The molecule has 0 aromatic carbocycles. The van der Waals surface area contributed by atoms with Crippen molar-refractivity contribution in [1.82, 2.24) is 0 Å². The molecule has 0 saturated heterocycles. The smallest absolute Gasteiger partial charge is 0.201 e. The standard InChI is InChI=1S/C8H7BrO2/c9-6-1-2-7(10)8-5(6)3-4-11-8/h1H,2-4H2. The number of carbonyl (C=O) groups is 1. The van der Waals surface area contributed by atoms with Gasteiger partial charge in [0.05, 0.1) is 6.61 Å². The number of carbonyl (C=O) groups excluding carboxylic acids is 1. The molecule has 2 nitrogen and oxygen atoms in total. The molecule has 11 heavy (non-hydrogen) atoms. The molecule has 0 aromatic heterocycles. The monoisotopic (exact) mass is 214 g/mol. The summed E-state index contributed by atoms with van der Waals surface area (Å²) in [7, 11) is 0. The highest BCUT2D eigenvalue weighted by Crippen LogP contribution is 2.34. The van der Waals surface area contributed by atoms with Gasteiger partial charge in [-0.05, 0) is 0 Å². The predicted molar refractivity (Wildman–Crippen MR) is 44.2 cm³/mol. The summed E-state index contributed by atoms with van der Waals surface area (Å²) in [5.74, 6) is 0.695. The first-order valence-corrected chi connectivity index (χ1v) is 4.33. The van der Waals surface area contributed by atoms with Gasteiger partial charge in [-0.25, -0.2) is 0 Å². The van der Waals surface area contributed by atoms with E-state index >= 15 is 0 Å². The van der Waals surface area contributed by atoms with Crippen molar-refractivity contribution in [2.24, 2.45) is 0 Å². The van der Waals surface area contributed by atoms with Crippen LogP contribution < -0.4 is 0 Å². The van der Waals surface area contributed by atoms with Crippen LogP contribution in [0.2, 0.25) is 0 Å². The molecule has 3 heteroatoms. The summed E-state index contributed by atoms with van der Waals surface area (Å²) in [5.41, 5.74) is 1.04. The Kier molecular flexibility index (Phi) is 1.60. The highest BCUT2D eigenvalue weighted by molar-refractivity contribution is 9.12. The van der Waals surface area contributed by atoms with E-state index < -0.39 is 0 Å². The largest absolute Gasteiger partial charge is 0.489 e. The van der Waals surface area contributed by atoms with Crippen LogP contribution >= 0.6 is 15.9 Å². The van der Waals surface area contributed by atoms with Gasteiger partial charge in [0.2, 0.25) is 5.78 Å². The predicted octanol–water partition coefficient (Wildman–Crippen LogP) is 1.91. The van der Waals surface area contributed by atoms with E-state index in [2.05, 4.69) is 15.9 Å². The molecule has 0 bridgehead atoms. The van der Waals surface area contributed by atoms with E-state index in [4.69, 9.17) is 4.74 Å². The molecule has 1 heterocycles. The molecule has 0 fully saturated rings. The van der Waals surface area contributed by atoms with Crippen molar-refractivity contribution in [3.8, 4) is 0 Å². The third-order valence-corrected chi connectivity index (χ3v) is 2.68. The molecular weight excluding hydrogens is 208 g/mol. The molecule has 0 saturated carbocycles. The molecule has 0 spiro atoms. The van der Waals surface area contributed by atoms with Gasteiger partial charge < -0.3 is 4.74 Å². The van der Waals surface area contributed by atoms with E-state index in [0.29, 0.717) is 18.8 Å². The summed E-state index contributed by atoms with van der Waals surface area (Å²) in [6.45, 7) is 0.652. The first-order valence-electron chi connectivity index (χ1n) is 3.54. The lowest BCUT2D eigenvalue weighted by Crippen LogP contribution is -2.06. The van der Waals surface area contributed by atoms with Gasteiger partial charge in [-0.1, -0.05) is 22.0 Å². The molecule has 0 unspecified atom stereocenters. The van der Waals surface area contributed by atoms with Crippen molar-refractivity contribution in [3.05, 3.63) is 21.9 Å². The molecule has 2 aliphatic rings. The molecule has 0 atom stereocenters. The second kappa shape index (κ2) is 2.48. The van der Waals surface area contributed by atoms with E-state index in [1.807, 2.05) is 6.08 Å². The summed E-state index contributed by atoms with van der Waals surface area (Å²) in [6.07, 6.45) is 3.23. The summed E-state index contributed by atoms with van der Waals surface area (Å²) >= 11 is 3.39. The molecule has 0 radical (unpaired) electrons. The Morgan fingerprint density at radius 1 is 1.55 bits per heavy atom. The van der Waals surface area contributed by atoms with Gasteiger partial charge in [0.1, 0.15) is 0 Å². The second-order valence-corrected chi connectivity index (χ2v) is 3.44. The SMILES string of the molecule is O=C1CC=C(Br)C2=C1OCC2. The van der Waals surface area contributed by atoms with E-state index in [1.165, 1.54) is 0 Å². The van der Waals surface area contributed by atoms with E-state index in [1.54, 1.807) is 0 Å². The maximum Gasteiger partial charge on any atom is 0.201 e. The van der Waals surface area contributed by atoms with Crippen molar-refractivity contribution in [1.29, 1.82) is 0 Å². The minimum absolute atomic E-state index is 0.112. The molecular formula is C8H7BrO2. The van der Waals surface area contributed by atoms with Gasteiger partial charge in [0, 0.05) is 22.9 Å². The van der Waals surface area contributed by atoms with Crippen LogP contribution in [0.4, 0.5) is 0 Å².